The van der Waals surface area contributed by atoms with Crippen molar-refractivity contribution in [2.24, 2.45) is 0 Å². The van der Waals surface area contributed by atoms with Crippen LogP contribution in [0.25, 0.3) is 10.8 Å². The molecular weight excluding hydrogens is 480 g/mol. The van der Waals surface area contributed by atoms with Gasteiger partial charge in [-0.3, -0.25) is 9.59 Å². The molecule has 5 nitrogen and oxygen atoms in total. The average Bonchev–Trinajstić information content (AvgIpc) is 2.83. The first-order valence-corrected chi connectivity index (χ1v) is 12.1. The van der Waals surface area contributed by atoms with Gasteiger partial charge in [0.25, 0.3) is 5.91 Å². The molecule has 1 N–H and O–H groups in total. The molecule has 33 heavy (non-hydrogen) atoms. The van der Waals surface area contributed by atoms with Gasteiger partial charge in [0.05, 0.1) is 4.47 Å². The molecule has 1 atom stereocenters. The fourth-order valence-electron chi connectivity index (χ4n) is 3.56. The lowest BCUT2D eigenvalue weighted by molar-refractivity contribution is -0.142. The summed E-state index contributed by atoms with van der Waals surface area (Å²) in [6.45, 7) is 6.64. The number of hydrogen-bond donors (Lipinski definition) is 1. The first-order chi connectivity index (χ1) is 15.9. The summed E-state index contributed by atoms with van der Waals surface area (Å²) in [5, 5.41) is 5.04. The maximum Gasteiger partial charge on any atom is 0.261 e. The van der Waals surface area contributed by atoms with E-state index in [1.807, 2.05) is 67.6 Å². The van der Waals surface area contributed by atoms with E-state index < -0.39 is 6.04 Å². The first kappa shape index (κ1) is 24.8. The Labute approximate surface area is 204 Å². The zero-order valence-electron chi connectivity index (χ0n) is 19.4. The Morgan fingerprint density at radius 1 is 1.06 bits per heavy atom. The van der Waals surface area contributed by atoms with Crippen LogP contribution in [0, 0.1) is 6.92 Å². The van der Waals surface area contributed by atoms with Gasteiger partial charge in [0, 0.05) is 13.1 Å². The summed E-state index contributed by atoms with van der Waals surface area (Å²) in [6, 6.07) is 19.2. The summed E-state index contributed by atoms with van der Waals surface area (Å²) < 4.78 is 6.71. The van der Waals surface area contributed by atoms with Crippen LogP contribution in [0.15, 0.2) is 65.1 Å². The second-order valence-electron chi connectivity index (χ2n) is 8.22. The van der Waals surface area contributed by atoms with Crippen LogP contribution in [0.1, 0.15) is 37.8 Å². The Morgan fingerprint density at radius 3 is 2.52 bits per heavy atom. The van der Waals surface area contributed by atoms with E-state index in [0.29, 0.717) is 18.8 Å². The summed E-state index contributed by atoms with van der Waals surface area (Å²) in [4.78, 5) is 27.6. The van der Waals surface area contributed by atoms with Gasteiger partial charge in [-0.2, -0.15) is 0 Å². The molecule has 0 unspecified atom stereocenters. The minimum absolute atomic E-state index is 0.157. The predicted octanol–water partition coefficient (Wildman–Crippen LogP) is 5.62. The Balaban J connectivity index is 1.75. The third-order valence-electron chi connectivity index (χ3n) is 5.65. The number of benzene rings is 3. The fourth-order valence-corrected chi connectivity index (χ4v) is 4.16. The normalized spacial score (nSPS) is 11.8. The average molecular weight is 511 g/mol. The summed E-state index contributed by atoms with van der Waals surface area (Å²) in [7, 11) is 0. The largest absolute Gasteiger partial charge is 0.483 e. The SMILES string of the molecule is CCCCNC(=O)[C@@H](C)N(Cc1ccc(C)cc1)C(=O)COc1ccc2ccccc2c1Br. The number of carbonyl (C=O) groups is 2. The molecule has 0 aromatic heterocycles. The van der Waals surface area contributed by atoms with Crippen molar-refractivity contribution in [2.75, 3.05) is 13.2 Å². The van der Waals surface area contributed by atoms with Crippen molar-refractivity contribution >= 4 is 38.5 Å². The number of amides is 2. The van der Waals surface area contributed by atoms with Crippen LogP contribution in [-0.2, 0) is 16.1 Å². The molecule has 6 heteroatoms. The molecule has 2 amide bonds. The van der Waals surface area contributed by atoms with Gasteiger partial charge >= 0.3 is 0 Å². The van der Waals surface area contributed by atoms with Crippen molar-refractivity contribution < 1.29 is 14.3 Å². The molecule has 174 valence electrons. The van der Waals surface area contributed by atoms with Crippen molar-refractivity contribution in [1.29, 1.82) is 0 Å². The van der Waals surface area contributed by atoms with Crippen LogP contribution in [0.5, 0.6) is 5.75 Å². The van der Waals surface area contributed by atoms with Gasteiger partial charge < -0.3 is 15.0 Å². The molecule has 0 aliphatic carbocycles. The maximum absolute atomic E-state index is 13.2. The molecule has 0 aliphatic heterocycles. The smallest absolute Gasteiger partial charge is 0.261 e. The minimum atomic E-state index is -0.612. The first-order valence-electron chi connectivity index (χ1n) is 11.3. The molecule has 0 saturated heterocycles. The number of rotatable bonds is 10. The van der Waals surface area contributed by atoms with E-state index >= 15 is 0 Å². The van der Waals surface area contributed by atoms with E-state index in [1.54, 1.807) is 11.8 Å². The fraction of sp³-hybridized carbons (Fsp3) is 0.333. The quantitative estimate of drug-likeness (QED) is 0.360. The highest BCUT2D eigenvalue weighted by Crippen LogP contribution is 2.33. The lowest BCUT2D eigenvalue weighted by Crippen LogP contribution is -2.49. The molecule has 3 aromatic rings. The second kappa shape index (κ2) is 11.8. The Morgan fingerprint density at radius 2 is 1.79 bits per heavy atom. The molecule has 0 bridgehead atoms. The van der Waals surface area contributed by atoms with Gasteiger partial charge in [0.1, 0.15) is 11.8 Å². The Hall–Kier alpha value is -2.86. The van der Waals surface area contributed by atoms with E-state index in [2.05, 4.69) is 28.2 Å². The van der Waals surface area contributed by atoms with Crippen molar-refractivity contribution in [3.05, 3.63) is 76.3 Å². The Kier molecular flexibility index (Phi) is 8.89. The van der Waals surface area contributed by atoms with Crippen molar-refractivity contribution in [3.63, 3.8) is 0 Å². The van der Waals surface area contributed by atoms with Crippen LogP contribution in [0.4, 0.5) is 0 Å². The van der Waals surface area contributed by atoms with Crippen LogP contribution in [0.2, 0.25) is 0 Å². The molecule has 0 fully saturated rings. The molecule has 0 saturated carbocycles. The highest BCUT2D eigenvalue weighted by molar-refractivity contribution is 9.10. The maximum atomic E-state index is 13.2. The molecular formula is C27H31BrN2O3. The van der Waals surface area contributed by atoms with Crippen molar-refractivity contribution in [3.8, 4) is 5.75 Å². The number of hydrogen-bond acceptors (Lipinski definition) is 3. The highest BCUT2D eigenvalue weighted by Gasteiger charge is 2.26. The highest BCUT2D eigenvalue weighted by atomic mass is 79.9. The van der Waals surface area contributed by atoms with E-state index in [1.165, 1.54) is 0 Å². The van der Waals surface area contributed by atoms with E-state index in [4.69, 9.17) is 4.74 Å². The third-order valence-corrected chi connectivity index (χ3v) is 6.47. The molecule has 0 spiro atoms. The molecule has 3 aromatic carbocycles. The summed E-state index contributed by atoms with van der Waals surface area (Å²) >= 11 is 3.60. The monoisotopic (exact) mass is 510 g/mol. The van der Waals surface area contributed by atoms with Crippen LogP contribution in [0.3, 0.4) is 0 Å². The van der Waals surface area contributed by atoms with Gasteiger partial charge in [0.15, 0.2) is 6.61 Å². The van der Waals surface area contributed by atoms with E-state index in [9.17, 15) is 9.59 Å². The molecule has 0 heterocycles. The van der Waals surface area contributed by atoms with Crippen LogP contribution in [-0.4, -0.2) is 35.9 Å². The van der Waals surface area contributed by atoms with Gasteiger partial charge in [0.2, 0.25) is 5.91 Å². The zero-order valence-corrected chi connectivity index (χ0v) is 21.0. The number of ether oxygens (including phenoxy) is 1. The topological polar surface area (TPSA) is 58.6 Å². The van der Waals surface area contributed by atoms with Gasteiger partial charge in [-0.15, -0.1) is 0 Å². The number of carbonyl (C=O) groups excluding carboxylic acids is 2. The lowest BCUT2D eigenvalue weighted by atomic mass is 10.1. The van der Waals surface area contributed by atoms with Crippen LogP contribution < -0.4 is 10.1 Å². The Bertz CT molecular complexity index is 1100. The van der Waals surface area contributed by atoms with E-state index in [-0.39, 0.29) is 18.4 Å². The minimum Gasteiger partial charge on any atom is -0.483 e. The lowest BCUT2D eigenvalue weighted by Gasteiger charge is -2.29. The number of fused-ring (bicyclic) bond motifs is 1. The van der Waals surface area contributed by atoms with Crippen molar-refractivity contribution in [2.45, 2.75) is 46.2 Å². The van der Waals surface area contributed by atoms with Gasteiger partial charge in [-0.25, -0.2) is 0 Å². The number of aryl methyl sites for hydroxylation is 1. The number of nitrogens with one attached hydrogen (secondary N) is 1. The van der Waals surface area contributed by atoms with Crippen molar-refractivity contribution in [1.82, 2.24) is 10.2 Å². The number of halogens is 1. The zero-order chi connectivity index (χ0) is 23.8. The third kappa shape index (κ3) is 6.57. The van der Waals surface area contributed by atoms with Gasteiger partial charge in [-0.1, -0.05) is 73.5 Å². The van der Waals surface area contributed by atoms with Crippen LogP contribution >= 0.6 is 15.9 Å². The molecule has 0 radical (unpaired) electrons. The summed E-state index contributed by atoms with van der Waals surface area (Å²) in [6.07, 6.45) is 1.90. The summed E-state index contributed by atoms with van der Waals surface area (Å²) in [5.74, 6) is 0.196. The molecule has 0 aliphatic rings. The predicted molar refractivity (Wildman–Crippen MR) is 136 cm³/mol. The van der Waals surface area contributed by atoms with Gasteiger partial charge in [-0.05, 0) is 58.6 Å². The van der Waals surface area contributed by atoms with E-state index in [0.717, 1.165) is 39.2 Å². The number of unbranched alkanes of at least 4 members (excludes halogenated alkanes) is 1. The number of nitrogens with zero attached hydrogens (tertiary/aromatic N) is 1. The standard InChI is InChI=1S/C27H31BrN2O3/c1-4-5-16-29-27(32)20(3)30(17-21-12-10-19(2)11-13-21)25(31)18-33-24-15-14-22-8-6-7-9-23(22)26(24)28/h6-15,20H,4-5,16-18H2,1-3H3,(H,29,32)/t20-/m1/s1. The summed E-state index contributed by atoms with van der Waals surface area (Å²) in [5.41, 5.74) is 2.11. The molecule has 3 rings (SSSR count). The second-order valence-corrected chi connectivity index (χ2v) is 9.01.